The Morgan fingerprint density at radius 2 is 1.94 bits per heavy atom. The number of piperidine rings is 1. The number of nitrogens with zero attached hydrogens (tertiary/aromatic N) is 1. The molecule has 6 nitrogen and oxygen atoms in total. The molecule has 0 spiro atoms. The fourth-order valence-electron chi connectivity index (χ4n) is 4.56. The van der Waals surface area contributed by atoms with Crippen LogP contribution in [-0.2, 0) is 17.8 Å². The summed E-state index contributed by atoms with van der Waals surface area (Å²) in [4.78, 5) is 27.5. The van der Waals surface area contributed by atoms with Crippen molar-refractivity contribution in [2.24, 2.45) is 5.92 Å². The topological polar surface area (TPSA) is 67.9 Å². The molecule has 1 saturated heterocycles. The molecule has 0 radical (unpaired) electrons. The molecular formula is C26H32N2O4. The molecule has 170 valence electrons. The summed E-state index contributed by atoms with van der Waals surface area (Å²) in [6.07, 6.45) is 2.39. The SMILES string of the molecule is CCOc1cc2c(cc1CNC(=O)C1CCN(C(=O)c3ccccc3C)CC1)OC(C)C2. The smallest absolute Gasteiger partial charge is 0.254 e. The monoisotopic (exact) mass is 436 g/mol. The molecule has 0 saturated carbocycles. The van der Waals surface area contributed by atoms with E-state index in [9.17, 15) is 9.59 Å². The minimum atomic E-state index is -0.0860. The highest BCUT2D eigenvalue weighted by Crippen LogP contribution is 2.35. The molecule has 1 unspecified atom stereocenters. The van der Waals surface area contributed by atoms with Gasteiger partial charge in [-0.1, -0.05) is 18.2 Å². The van der Waals surface area contributed by atoms with Gasteiger partial charge in [-0.3, -0.25) is 9.59 Å². The van der Waals surface area contributed by atoms with Crippen LogP contribution in [0.2, 0.25) is 0 Å². The van der Waals surface area contributed by atoms with Crippen molar-refractivity contribution in [3.8, 4) is 11.5 Å². The number of rotatable bonds is 6. The van der Waals surface area contributed by atoms with Crippen LogP contribution in [0.15, 0.2) is 36.4 Å². The summed E-state index contributed by atoms with van der Waals surface area (Å²) >= 11 is 0. The predicted octanol–water partition coefficient (Wildman–Crippen LogP) is 3.89. The zero-order valence-electron chi connectivity index (χ0n) is 19.1. The number of likely N-dealkylation sites (tertiary alicyclic amines) is 1. The molecule has 2 aromatic rings. The Hall–Kier alpha value is -3.02. The lowest BCUT2D eigenvalue weighted by atomic mass is 9.95. The Morgan fingerprint density at radius 1 is 1.19 bits per heavy atom. The van der Waals surface area contributed by atoms with E-state index in [1.54, 1.807) is 0 Å². The van der Waals surface area contributed by atoms with E-state index in [-0.39, 0.29) is 23.8 Å². The molecule has 1 atom stereocenters. The normalized spacial score (nSPS) is 18.1. The molecule has 6 heteroatoms. The van der Waals surface area contributed by atoms with Gasteiger partial charge in [0.1, 0.15) is 17.6 Å². The number of carbonyl (C=O) groups excluding carboxylic acids is 2. The first kappa shape index (κ1) is 22.2. The lowest BCUT2D eigenvalue weighted by Crippen LogP contribution is -2.43. The fraction of sp³-hybridized carbons (Fsp3) is 0.462. The molecule has 2 aliphatic heterocycles. The van der Waals surface area contributed by atoms with E-state index in [0.717, 1.165) is 40.2 Å². The van der Waals surface area contributed by atoms with E-state index in [2.05, 4.69) is 12.2 Å². The number of nitrogens with one attached hydrogen (secondary N) is 1. The van der Waals surface area contributed by atoms with Crippen molar-refractivity contribution in [1.29, 1.82) is 0 Å². The van der Waals surface area contributed by atoms with Crippen molar-refractivity contribution < 1.29 is 19.1 Å². The Labute approximate surface area is 189 Å². The van der Waals surface area contributed by atoms with Gasteiger partial charge in [0.05, 0.1) is 6.61 Å². The Morgan fingerprint density at radius 3 is 2.66 bits per heavy atom. The van der Waals surface area contributed by atoms with Gasteiger partial charge in [-0.15, -0.1) is 0 Å². The van der Waals surface area contributed by atoms with Crippen LogP contribution in [0.3, 0.4) is 0 Å². The van der Waals surface area contributed by atoms with E-state index in [1.807, 2.05) is 55.1 Å². The van der Waals surface area contributed by atoms with Gasteiger partial charge >= 0.3 is 0 Å². The number of hydrogen-bond acceptors (Lipinski definition) is 4. The molecule has 2 amide bonds. The largest absolute Gasteiger partial charge is 0.494 e. The molecule has 32 heavy (non-hydrogen) atoms. The Balaban J connectivity index is 1.34. The highest BCUT2D eigenvalue weighted by molar-refractivity contribution is 5.95. The molecule has 0 bridgehead atoms. The van der Waals surface area contributed by atoms with Crippen LogP contribution in [0.1, 0.15) is 53.7 Å². The third-order valence-corrected chi connectivity index (χ3v) is 6.36. The second-order valence-electron chi connectivity index (χ2n) is 8.73. The molecule has 4 rings (SSSR count). The molecule has 2 aromatic carbocycles. The lowest BCUT2D eigenvalue weighted by Gasteiger charge is -2.31. The molecule has 2 aliphatic rings. The maximum absolute atomic E-state index is 12.8. The molecular weight excluding hydrogens is 404 g/mol. The third kappa shape index (κ3) is 4.74. The van der Waals surface area contributed by atoms with E-state index in [1.165, 1.54) is 0 Å². The maximum Gasteiger partial charge on any atom is 0.254 e. The van der Waals surface area contributed by atoms with Gasteiger partial charge in [0, 0.05) is 48.7 Å². The zero-order chi connectivity index (χ0) is 22.7. The van der Waals surface area contributed by atoms with Gasteiger partial charge in [-0.25, -0.2) is 0 Å². The van der Waals surface area contributed by atoms with Crippen molar-refractivity contribution in [3.05, 3.63) is 58.7 Å². The van der Waals surface area contributed by atoms with Crippen molar-refractivity contribution in [1.82, 2.24) is 10.2 Å². The molecule has 1 N–H and O–H groups in total. The number of fused-ring (bicyclic) bond motifs is 1. The van der Waals surface area contributed by atoms with E-state index in [0.29, 0.717) is 39.1 Å². The molecule has 1 fully saturated rings. The fourth-order valence-corrected chi connectivity index (χ4v) is 4.56. The number of aryl methyl sites for hydroxylation is 1. The summed E-state index contributed by atoms with van der Waals surface area (Å²) in [6, 6.07) is 11.7. The summed E-state index contributed by atoms with van der Waals surface area (Å²) in [7, 11) is 0. The van der Waals surface area contributed by atoms with Gasteiger partial charge in [-0.2, -0.15) is 0 Å². The quantitative estimate of drug-likeness (QED) is 0.746. The maximum atomic E-state index is 12.8. The number of hydrogen-bond donors (Lipinski definition) is 1. The van der Waals surface area contributed by atoms with Crippen molar-refractivity contribution >= 4 is 11.8 Å². The summed E-state index contributed by atoms with van der Waals surface area (Å²) < 4.78 is 11.7. The van der Waals surface area contributed by atoms with Crippen LogP contribution in [0.25, 0.3) is 0 Å². The molecule has 2 heterocycles. The van der Waals surface area contributed by atoms with Gasteiger partial charge in [0.25, 0.3) is 5.91 Å². The van der Waals surface area contributed by atoms with Gasteiger partial charge in [0.15, 0.2) is 0 Å². The number of amides is 2. The summed E-state index contributed by atoms with van der Waals surface area (Å²) in [6.45, 7) is 8.14. The highest BCUT2D eigenvalue weighted by Gasteiger charge is 2.28. The first-order valence-corrected chi connectivity index (χ1v) is 11.5. The number of carbonyl (C=O) groups is 2. The predicted molar refractivity (Wildman–Crippen MR) is 123 cm³/mol. The summed E-state index contributed by atoms with van der Waals surface area (Å²) in [5, 5.41) is 3.08. The standard InChI is InChI=1S/C26H32N2O4/c1-4-31-23-14-20-13-18(3)32-24(20)15-21(23)16-27-25(29)19-9-11-28(12-10-19)26(30)22-8-6-5-7-17(22)2/h5-8,14-15,18-19H,4,9-13,16H2,1-3H3,(H,27,29). The van der Waals surface area contributed by atoms with Crippen LogP contribution in [0, 0.1) is 12.8 Å². The van der Waals surface area contributed by atoms with E-state index < -0.39 is 0 Å². The zero-order valence-corrected chi connectivity index (χ0v) is 19.1. The average Bonchev–Trinajstić information content (AvgIpc) is 3.16. The lowest BCUT2D eigenvalue weighted by molar-refractivity contribution is -0.126. The summed E-state index contributed by atoms with van der Waals surface area (Å²) in [5.41, 5.74) is 3.81. The van der Waals surface area contributed by atoms with Crippen LogP contribution < -0.4 is 14.8 Å². The molecule has 0 aromatic heterocycles. The first-order chi connectivity index (χ1) is 15.5. The Kier molecular flexibility index (Phi) is 6.68. The minimum Gasteiger partial charge on any atom is -0.494 e. The molecule has 0 aliphatic carbocycles. The van der Waals surface area contributed by atoms with Gasteiger partial charge < -0.3 is 19.7 Å². The average molecular weight is 437 g/mol. The van der Waals surface area contributed by atoms with E-state index >= 15 is 0 Å². The van der Waals surface area contributed by atoms with E-state index in [4.69, 9.17) is 9.47 Å². The highest BCUT2D eigenvalue weighted by atomic mass is 16.5. The van der Waals surface area contributed by atoms with Crippen LogP contribution in [0.4, 0.5) is 0 Å². The summed E-state index contributed by atoms with van der Waals surface area (Å²) in [5.74, 6) is 1.69. The van der Waals surface area contributed by atoms with Crippen molar-refractivity contribution in [3.63, 3.8) is 0 Å². The number of ether oxygens (including phenoxy) is 2. The Bertz CT molecular complexity index is 995. The van der Waals surface area contributed by atoms with Crippen molar-refractivity contribution in [2.45, 2.75) is 52.7 Å². The first-order valence-electron chi connectivity index (χ1n) is 11.5. The second-order valence-corrected chi connectivity index (χ2v) is 8.73. The van der Waals surface area contributed by atoms with Crippen molar-refractivity contribution in [2.75, 3.05) is 19.7 Å². The van der Waals surface area contributed by atoms with Gasteiger partial charge in [0.2, 0.25) is 5.91 Å². The van der Waals surface area contributed by atoms with Crippen LogP contribution in [-0.4, -0.2) is 42.5 Å². The number of benzene rings is 2. The van der Waals surface area contributed by atoms with Gasteiger partial charge in [-0.05, 0) is 57.4 Å². The van der Waals surface area contributed by atoms with Crippen LogP contribution in [0.5, 0.6) is 11.5 Å². The van der Waals surface area contributed by atoms with Crippen LogP contribution >= 0.6 is 0 Å². The second kappa shape index (κ2) is 9.63. The minimum absolute atomic E-state index is 0.0326. The third-order valence-electron chi connectivity index (χ3n) is 6.36.